The van der Waals surface area contributed by atoms with Crippen LogP contribution in [0.1, 0.15) is 129 Å². The van der Waals surface area contributed by atoms with Crippen LogP contribution in [0, 0.1) is 28.6 Å². The van der Waals surface area contributed by atoms with Crippen molar-refractivity contribution < 1.29 is 24.9 Å². The van der Waals surface area contributed by atoms with Gasteiger partial charge in [0.1, 0.15) is 5.78 Å². The van der Waals surface area contributed by atoms with Crippen LogP contribution in [0.25, 0.3) is 0 Å². The topological polar surface area (TPSA) is 94.8 Å². The predicted octanol–water partition coefficient (Wildman–Crippen LogP) is 7.94. The molecule has 3 aliphatic rings. The molecule has 0 radical (unpaired) electrons. The lowest BCUT2D eigenvalue weighted by molar-refractivity contribution is -0.150. The smallest absolute Gasteiger partial charge is 0.309 e. The van der Waals surface area contributed by atoms with Crippen molar-refractivity contribution in [1.29, 1.82) is 0 Å². The molecule has 4 rings (SSSR count). The normalized spacial score (nSPS) is 36.7. The molecule has 0 bridgehead atoms. The van der Waals surface area contributed by atoms with E-state index in [0.717, 1.165) is 49.7 Å². The Morgan fingerprint density at radius 1 is 0.895 bits per heavy atom. The van der Waals surface area contributed by atoms with Gasteiger partial charge >= 0.3 is 5.97 Å². The fourth-order valence-electron chi connectivity index (χ4n) is 8.07. The van der Waals surface area contributed by atoms with Gasteiger partial charge in [0.2, 0.25) is 0 Å². The average Bonchev–Trinajstić information content (AvgIpc) is 2.82. The van der Waals surface area contributed by atoms with Crippen LogP contribution in [0.15, 0.2) is 17.7 Å². The van der Waals surface area contributed by atoms with Crippen LogP contribution in [0.3, 0.4) is 0 Å². The number of hydrogen-bond donors (Lipinski definition) is 3. The number of phenolic OH excluding ortho intramolecular Hbond substituents is 2. The number of carbonyl (C=O) groups excluding carboxylic acids is 1. The largest absolute Gasteiger partial charge is 0.504 e. The molecule has 1 aromatic carbocycles. The van der Waals surface area contributed by atoms with E-state index in [1.165, 1.54) is 5.57 Å². The highest BCUT2D eigenvalue weighted by molar-refractivity contribution is 5.78. The van der Waals surface area contributed by atoms with Crippen LogP contribution in [0.5, 0.6) is 11.5 Å². The molecule has 1 aromatic rings. The number of aliphatic carboxylic acids is 1. The van der Waals surface area contributed by atoms with Crippen molar-refractivity contribution in [2.75, 3.05) is 0 Å². The summed E-state index contributed by atoms with van der Waals surface area (Å²) in [5.74, 6) is -0.964. The van der Waals surface area contributed by atoms with Crippen molar-refractivity contribution in [2.45, 2.75) is 125 Å². The van der Waals surface area contributed by atoms with E-state index in [9.17, 15) is 24.9 Å². The zero-order chi connectivity index (χ0) is 28.5. The van der Waals surface area contributed by atoms with Crippen molar-refractivity contribution in [3.05, 3.63) is 34.4 Å². The van der Waals surface area contributed by atoms with Crippen molar-refractivity contribution in [1.82, 2.24) is 0 Å². The second-order valence-corrected chi connectivity index (χ2v) is 14.7. The third-order valence-electron chi connectivity index (χ3n) is 11.5. The van der Waals surface area contributed by atoms with Gasteiger partial charge in [-0.3, -0.25) is 9.59 Å². The quantitative estimate of drug-likeness (QED) is 0.275. The van der Waals surface area contributed by atoms with Crippen LogP contribution in [-0.4, -0.2) is 27.1 Å². The molecule has 0 heterocycles. The molecule has 0 aliphatic heterocycles. The molecule has 1 unspecified atom stereocenters. The molecule has 5 atom stereocenters. The summed E-state index contributed by atoms with van der Waals surface area (Å²) in [4.78, 5) is 24.9. The second-order valence-electron chi connectivity index (χ2n) is 14.7. The molecule has 2 saturated carbocycles. The highest BCUT2D eigenvalue weighted by Gasteiger charge is 2.58. The summed E-state index contributed by atoms with van der Waals surface area (Å²) in [6.45, 7) is 16.9. The Bertz CT molecular complexity index is 1190. The molecule has 0 amide bonds. The summed E-state index contributed by atoms with van der Waals surface area (Å²) in [6.07, 6.45) is 9.55. The summed E-state index contributed by atoms with van der Waals surface area (Å²) in [7, 11) is 0. The molecule has 0 aromatic heterocycles. The molecule has 5 heteroatoms. The SMILES string of the molecule is CC(=O)CC1C=C2[C@@](C)(CC[C@@]3(C)CC[C@](C)(C(=O)O)CCC(C)(C)CC[C@]23C)c2cc(O)c(O)c(C)c21. The molecular formula is C33H48O5. The van der Waals surface area contributed by atoms with E-state index < -0.39 is 11.4 Å². The molecule has 38 heavy (non-hydrogen) atoms. The van der Waals surface area contributed by atoms with Gasteiger partial charge in [-0.25, -0.2) is 0 Å². The first-order valence-corrected chi connectivity index (χ1v) is 14.4. The van der Waals surface area contributed by atoms with E-state index in [1.54, 1.807) is 13.0 Å². The molecule has 210 valence electrons. The van der Waals surface area contributed by atoms with Crippen LogP contribution < -0.4 is 0 Å². The van der Waals surface area contributed by atoms with Crippen LogP contribution in [0.4, 0.5) is 0 Å². The fourth-order valence-corrected chi connectivity index (χ4v) is 8.07. The standard InChI is InChI=1S/C33H48O5/c1-20(34)17-22-18-25-32(7,23-19-24(35)27(36)21(2)26(22)23)15-14-31(6)13-12-30(5,28(37)38)11-9-29(3,4)10-16-33(25,31)8/h18-19,22,35-36H,9-17H2,1-8H3,(H,37,38)/t22?,30-,31-,32+,33-/m1/s1. The summed E-state index contributed by atoms with van der Waals surface area (Å²) in [5.41, 5.74) is 2.62. The van der Waals surface area contributed by atoms with Crippen molar-refractivity contribution in [3.63, 3.8) is 0 Å². The van der Waals surface area contributed by atoms with Gasteiger partial charge in [-0.1, -0.05) is 46.3 Å². The van der Waals surface area contributed by atoms with E-state index in [-0.39, 0.29) is 44.9 Å². The van der Waals surface area contributed by atoms with Gasteiger partial charge in [-0.15, -0.1) is 0 Å². The number of benzene rings is 1. The second kappa shape index (κ2) is 9.13. The number of carbonyl (C=O) groups is 2. The molecule has 0 saturated heterocycles. The van der Waals surface area contributed by atoms with Crippen molar-refractivity contribution in [3.8, 4) is 11.5 Å². The summed E-state index contributed by atoms with van der Waals surface area (Å²) < 4.78 is 0. The lowest BCUT2D eigenvalue weighted by atomic mass is 9.42. The minimum atomic E-state index is -0.746. The van der Waals surface area contributed by atoms with E-state index in [2.05, 4.69) is 40.7 Å². The monoisotopic (exact) mass is 524 g/mol. The summed E-state index contributed by atoms with van der Waals surface area (Å²) in [5, 5.41) is 31.6. The van der Waals surface area contributed by atoms with Crippen molar-refractivity contribution >= 4 is 11.8 Å². The molecule has 2 fully saturated rings. The van der Waals surface area contributed by atoms with E-state index >= 15 is 0 Å². The maximum Gasteiger partial charge on any atom is 0.309 e. The van der Waals surface area contributed by atoms with E-state index in [1.807, 2.05) is 13.8 Å². The predicted molar refractivity (Wildman–Crippen MR) is 151 cm³/mol. The number of ketones is 1. The minimum Gasteiger partial charge on any atom is -0.504 e. The maximum atomic E-state index is 12.5. The molecule has 0 spiro atoms. The van der Waals surface area contributed by atoms with Gasteiger partial charge in [0.15, 0.2) is 11.5 Å². The zero-order valence-electron chi connectivity index (χ0n) is 24.8. The number of phenols is 2. The number of rotatable bonds is 3. The van der Waals surface area contributed by atoms with Gasteiger partial charge in [-0.05, 0) is 111 Å². The van der Waals surface area contributed by atoms with Gasteiger partial charge < -0.3 is 15.3 Å². The highest BCUT2D eigenvalue weighted by Crippen LogP contribution is 2.68. The first-order valence-electron chi connectivity index (χ1n) is 14.4. The first kappa shape index (κ1) is 28.7. The molecule has 3 aliphatic carbocycles. The number of carboxylic acids is 1. The van der Waals surface area contributed by atoms with Gasteiger partial charge in [0.05, 0.1) is 5.41 Å². The zero-order valence-corrected chi connectivity index (χ0v) is 24.8. The van der Waals surface area contributed by atoms with Crippen LogP contribution >= 0.6 is 0 Å². The number of aromatic hydroxyl groups is 2. The van der Waals surface area contributed by atoms with Gasteiger partial charge in [-0.2, -0.15) is 0 Å². The number of carboxylic acid groups (broad SMARTS) is 1. The van der Waals surface area contributed by atoms with E-state index in [0.29, 0.717) is 24.8 Å². The Hall–Kier alpha value is -2.30. The Morgan fingerprint density at radius 2 is 1.47 bits per heavy atom. The third-order valence-corrected chi connectivity index (χ3v) is 11.5. The summed E-state index contributed by atoms with van der Waals surface area (Å²) >= 11 is 0. The number of Topliss-reactive ketones (excluding diaryl/α,β-unsaturated/α-hetero) is 1. The Kier molecular flexibility index (Phi) is 6.90. The Balaban J connectivity index is 1.93. The molecular weight excluding hydrogens is 476 g/mol. The number of allylic oxidation sites excluding steroid dienone is 2. The molecule has 5 nitrogen and oxygen atoms in total. The lowest BCUT2D eigenvalue weighted by Gasteiger charge is -2.61. The number of hydrogen-bond acceptors (Lipinski definition) is 4. The van der Waals surface area contributed by atoms with Gasteiger partial charge in [0.25, 0.3) is 0 Å². The fraction of sp³-hybridized carbons (Fsp3) is 0.697. The molecule has 3 N–H and O–H groups in total. The van der Waals surface area contributed by atoms with E-state index in [4.69, 9.17) is 0 Å². The minimum absolute atomic E-state index is 0.0123. The maximum absolute atomic E-state index is 12.5. The van der Waals surface area contributed by atoms with Crippen LogP contribution in [0.2, 0.25) is 0 Å². The first-order chi connectivity index (χ1) is 17.4. The lowest BCUT2D eigenvalue weighted by Crippen LogP contribution is -2.53. The van der Waals surface area contributed by atoms with Gasteiger partial charge in [0, 0.05) is 17.8 Å². The Morgan fingerprint density at radius 3 is 2.08 bits per heavy atom. The van der Waals surface area contributed by atoms with Crippen LogP contribution in [-0.2, 0) is 15.0 Å². The number of fused-ring (bicyclic) bond motifs is 5. The third kappa shape index (κ3) is 4.38. The highest BCUT2D eigenvalue weighted by atomic mass is 16.4. The average molecular weight is 525 g/mol. The summed E-state index contributed by atoms with van der Waals surface area (Å²) in [6, 6.07) is 1.75. The Labute approximate surface area is 228 Å². The van der Waals surface area contributed by atoms with Crippen molar-refractivity contribution in [2.24, 2.45) is 21.7 Å².